The van der Waals surface area contributed by atoms with Crippen molar-refractivity contribution < 1.29 is 14.7 Å². The summed E-state index contributed by atoms with van der Waals surface area (Å²) in [7, 11) is 0. The van der Waals surface area contributed by atoms with Gasteiger partial charge in [-0.15, -0.1) is 0 Å². The Labute approximate surface area is 83.7 Å². The van der Waals surface area contributed by atoms with Crippen LogP contribution in [0.25, 0.3) is 0 Å². The molecule has 0 aromatic carbocycles. The summed E-state index contributed by atoms with van der Waals surface area (Å²) in [4.78, 5) is 21.9. The summed E-state index contributed by atoms with van der Waals surface area (Å²) < 4.78 is 0. The fourth-order valence-electron chi connectivity index (χ4n) is 1.54. The summed E-state index contributed by atoms with van der Waals surface area (Å²) in [5.74, 6) is -2.40. The molecule has 0 aliphatic heterocycles. The second kappa shape index (κ2) is 3.59. The highest BCUT2D eigenvalue weighted by Gasteiger charge is 2.40. The second-order valence-electron chi connectivity index (χ2n) is 4.65. The van der Waals surface area contributed by atoms with Gasteiger partial charge >= 0.3 is 5.97 Å². The number of carbonyl (C=O) groups is 2. The van der Waals surface area contributed by atoms with E-state index in [1.54, 1.807) is 0 Å². The van der Waals surface area contributed by atoms with Gasteiger partial charge < -0.3 is 10.4 Å². The van der Waals surface area contributed by atoms with Crippen LogP contribution in [0, 0.1) is 11.3 Å². The number of aliphatic carboxylic acids is 1. The topological polar surface area (TPSA) is 66.4 Å². The fourth-order valence-corrected chi connectivity index (χ4v) is 1.54. The molecule has 0 aromatic rings. The Bertz CT molecular complexity index is 260. The molecule has 1 fully saturated rings. The molecule has 0 saturated heterocycles. The van der Waals surface area contributed by atoms with Crippen LogP contribution in [0.15, 0.2) is 0 Å². The molecule has 1 amide bonds. The highest BCUT2D eigenvalue weighted by atomic mass is 16.4. The molecule has 2 unspecified atom stereocenters. The Morgan fingerprint density at radius 3 is 2.36 bits per heavy atom. The molecule has 2 atom stereocenters. The molecule has 0 bridgehead atoms. The van der Waals surface area contributed by atoms with Gasteiger partial charge in [0, 0.05) is 6.04 Å². The van der Waals surface area contributed by atoms with Crippen molar-refractivity contribution in [3.63, 3.8) is 0 Å². The minimum absolute atomic E-state index is 0.119. The van der Waals surface area contributed by atoms with Gasteiger partial charge in [0.1, 0.15) is 5.92 Å². The van der Waals surface area contributed by atoms with Crippen molar-refractivity contribution >= 4 is 11.9 Å². The zero-order valence-corrected chi connectivity index (χ0v) is 8.83. The summed E-state index contributed by atoms with van der Waals surface area (Å²) in [6.45, 7) is 5.56. The van der Waals surface area contributed by atoms with Crippen molar-refractivity contribution in [2.24, 2.45) is 11.3 Å². The van der Waals surface area contributed by atoms with E-state index in [9.17, 15) is 9.59 Å². The van der Waals surface area contributed by atoms with Crippen molar-refractivity contribution in [2.45, 2.75) is 39.7 Å². The standard InChI is InChI=1S/C10H17NO3/c1-6(9(13)14)8(12)11-7-4-5-10(7,2)3/h6-7H,4-5H2,1-3H3,(H,11,12)(H,13,14). The molecular weight excluding hydrogens is 182 g/mol. The molecule has 0 spiro atoms. The molecule has 0 radical (unpaired) electrons. The maximum absolute atomic E-state index is 11.4. The summed E-state index contributed by atoms with van der Waals surface area (Å²) in [6.07, 6.45) is 2.03. The van der Waals surface area contributed by atoms with Gasteiger partial charge in [-0.3, -0.25) is 9.59 Å². The van der Waals surface area contributed by atoms with Gasteiger partial charge in [-0.05, 0) is 25.2 Å². The van der Waals surface area contributed by atoms with Crippen LogP contribution >= 0.6 is 0 Å². The summed E-state index contributed by atoms with van der Waals surface area (Å²) in [6, 6.07) is 0.136. The molecule has 1 aliphatic carbocycles. The quantitative estimate of drug-likeness (QED) is 0.667. The molecular formula is C10H17NO3. The highest BCUT2D eigenvalue weighted by molar-refractivity contribution is 5.96. The van der Waals surface area contributed by atoms with E-state index in [0.717, 1.165) is 12.8 Å². The van der Waals surface area contributed by atoms with E-state index in [1.807, 2.05) is 0 Å². The van der Waals surface area contributed by atoms with Crippen LogP contribution < -0.4 is 5.32 Å². The van der Waals surface area contributed by atoms with Crippen LogP contribution in [0.4, 0.5) is 0 Å². The number of nitrogens with one attached hydrogen (secondary N) is 1. The van der Waals surface area contributed by atoms with Gasteiger partial charge in [-0.1, -0.05) is 13.8 Å². The lowest BCUT2D eigenvalue weighted by molar-refractivity contribution is -0.147. The first-order valence-corrected chi connectivity index (χ1v) is 4.88. The van der Waals surface area contributed by atoms with Crippen LogP contribution in [-0.2, 0) is 9.59 Å². The molecule has 4 nitrogen and oxygen atoms in total. The molecule has 14 heavy (non-hydrogen) atoms. The number of hydrogen-bond donors (Lipinski definition) is 2. The third-order valence-electron chi connectivity index (χ3n) is 3.10. The average molecular weight is 199 g/mol. The number of amides is 1. The molecule has 0 heterocycles. The maximum Gasteiger partial charge on any atom is 0.315 e. The maximum atomic E-state index is 11.4. The number of rotatable bonds is 3. The van der Waals surface area contributed by atoms with Gasteiger partial charge in [-0.2, -0.15) is 0 Å². The smallest absolute Gasteiger partial charge is 0.315 e. The van der Waals surface area contributed by atoms with Crippen molar-refractivity contribution in [3.8, 4) is 0 Å². The van der Waals surface area contributed by atoms with Gasteiger partial charge in [0.2, 0.25) is 5.91 Å². The van der Waals surface area contributed by atoms with Gasteiger partial charge in [0.05, 0.1) is 0 Å². The summed E-state index contributed by atoms with van der Waals surface area (Å²) in [5.41, 5.74) is 0.119. The first-order valence-electron chi connectivity index (χ1n) is 4.88. The Balaban J connectivity index is 2.46. The third-order valence-corrected chi connectivity index (χ3v) is 3.10. The van der Waals surface area contributed by atoms with Gasteiger partial charge in [0.15, 0.2) is 0 Å². The van der Waals surface area contributed by atoms with Gasteiger partial charge in [0.25, 0.3) is 0 Å². The Morgan fingerprint density at radius 2 is 2.07 bits per heavy atom. The molecule has 1 aliphatic rings. The first kappa shape index (κ1) is 11.0. The van der Waals surface area contributed by atoms with E-state index >= 15 is 0 Å². The molecule has 2 N–H and O–H groups in total. The highest BCUT2D eigenvalue weighted by Crippen LogP contribution is 2.39. The minimum atomic E-state index is -1.07. The molecule has 1 rings (SSSR count). The van der Waals surface area contributed by atoms with E-state index in [1.165, 1.54) is 6.92 Å². The predicted octanol–water partition coefficient (Wildman–Crippen LogP) is 1.01. The van der Waals surface area contributed by atoms with Crippen LogP contribution in [0.1, 0.15) is 33.6 Å². The van der Waals surface area contributed by atoms with E-state index in [2.05, 4.69) is 19.2 Å². The van der Waals surface area contributed by atoms with Gasteiger partial charge in [-0.25, -0.2) is 0 Å². The number of carboxylic acid groups (broad SMARTS) is 1. The third kappa shape index (κ3) is 2.05. The van der Waals surface area contributed by atoms with E-state index in [4.69, 9.17) is 5.11 Å². The summed E-state index contributed by atoms with van der Waals surface area (Å²) >= 11 is 0. The predicted molar refractivity (Wildman–Crippen MR) is 51.7 cm³/mol. The molecule has 0 aromatic heterocycles. The zero-order valence-electron chi connectivity index (χ0n) is 8.83. The minimum Gasteiger partial charge on any atom is -0.481 e. The summed E-state index contributed by atoms with van der Waals surface area (Å²) in [5, 5.41) is 11.4. The zero-order chi connectivity index (χ0) is 10.9. The Kier molecular flexibility index (Phi) is 2.83. The average Bonchev–Trinajstić information content (AvgIpc) is 2.10. The lowest BCUT2D eigenvalue weighted by atomic mass is 9.67. The lowest BCUT2D eigenvalue weighted by Crippen LogP contribution is -2.53. The number of carbonyl (C=O) groups excluding carboxylic acids is 1. The first-order chi connectivity index (χ1) is 6.34. The van der Waals surface area contributed by atoms with Crippen molar-refractivity contribution in [1.82, 2.24) is 5.32 Å². The largest absolute Gasteiger partial charge is 0.481 e. The Hall–Kier alpha value is -1.06. The molecule has 4 heteroatoms. The number of hydrogen-bond acceptors (Lipinski definition) is 2. The molecule has 1 saturated carbocycles. The monoisotopic (exact) mass is 199 g/mol. The van der Waals surface area contributed by atoms with Crippen LogP contribution in [-0.4, -0.2) is 23.0 Å². The van der Waals surface area contributed by atoms with Crippen LogP contribution in [0.5, 0.6) is 0 Å². The van der Waals surface area contributed by atoms with Crippen molar-refractivity contribution in [1.29, 1.82) is 0 Å². The van der Waals surface area contributed by atoms with Crippen molar-refractivity contribution in [3.05, 3.63) is 0 Å². The lowest BCUT2D eigenvalue weighted by Gasteiger charge is -2.45. The van der Waals surface area contributed by atoms with E-state index in [0.29, 0.717) is 0 Å². The van der Waals surface area contributed by atoms with Crippen LogP contribution in [0.2, 0.25) is 0 Å². The van der Waals surface area contributed by atoms with Crippen LogP contribution in [0.3, 0.4) is 0 Å². The fraction of sp³-hybridized carbons (Fsp3) is 0.800. The Morgan fingerprint density at radius 1 is 1.50 bits per heavy atom. The normalized spacial score (nSPS) is 26.1. The second-order valence-corrected chi connectivity index (χ2v) is 4.65. The SMILES string of the molecule is CC(C(=O)O)C(=O)NC1CCC1(C)C. The van der Waals surface area contributed by atoms with Crippen molar-refractivity contribution in [2.75, 3.05) is 0 Å². The van der Waals surface area contributed by atoms with E-state index in [-0.39, 0.29) is 17.4 Å². The molecule has 80 valence electrons. The van der Waals surface area contributed by atoms with E-state index < -0.39 is 11.9 Å². The number of carboxylic acids is 1.